The van der Waals surface area contributed by atoms with Gasteiger partial charge < -0.3 is 19.7 Å². The quantitative estimate of drug-likeness (QED) is 0.246. The van der Waals surface area contributed by atoms with Crippen molar-refractivity contribution in [3.8, 4) is 11.5 Å². The van der Waals surface area contributed by atoms with E-state index in [1.54, 1.807) is 19.2 Å². The largest absolute Gasteiger partial charge is 0.496 e. The summed E-state index contributed by atoms with van der Waals surface area (Å²) in [5.74, 6) is 1.02. The van der Waals surface area contributed by atoms with Crippen molar-refractivity contribution < 1.29 is 14.3 Å². The second kappa shape index (κ2) is 11.2. The van der Waals surface area contributed by atoms with Gasteiger partial charge in [-0.2, -0.15) is 6.57 Å². The maximum absolute atomic E-state index is 13.0. The summed E-state index contributed by atoms with van der Waals surface area (Å²) >= 11 is 0. The molecule has 4 rings (SSSR count). The van der Waals surface area contributed by atoms with Crippen molar-refractivity contribution in [1.82, 2.24) is 10.2 Å². The number of hydrogen-bond donors (Lipinski definition) is 1. The van der Waals surface area contributed by atoms with Crippen molar-refractivity contribution in [1.29, 1.82) is 0 Å². The van der Waals surface area contributed by atoms with Gasteiger partial charge in [-0.05, 0) is 42.7 Å². The van der Waals surface area contributed by atoms with Gasteiger partial charge in [-0.25, -0.2) is 0 Å². The fourth-order valence-electron chi connectivity index (χ4n) is 4.45. The molecule has 35 heavy (non-hydrogen) atoms. The Bertz CT molecular complexity index is 1200. The van der Waals surface area contributed by atoms with E-state index in [1.807, 2.05) is 65.6 Å². The van der Waals surface area contributed by atoms with Gasteiger partial charge in [-0.1, -0.05) is 60.7 Å². The fourth-order valence-corrected chi connectivity index (χ4v) is 4.45. The number of nitrogens with zero attached hydrogens (tertiary/aromatic N) is 3. The number of hydrogen-bond acceptors (Lipinski definition) is 4. The molecule has 1 fully saturated rings. The predicted octanol–water partition coefficient (Wildman–Crippen LogP) is 4.73. The minimum absolute atomic E-state index is 0.164. The van der Waals surface area contributed by atoms with Crippen molar-refractivity contribution in [2.45, 2.75) is 18.3 Å². The van der Waals surface area contributed by atoms with Gasteiger partial charge in [0.1, 0.15) is 16.6 Å². The van der Waals surface area contributed by atoms with Gasteiger partial charge in [0.25, 0.3) is 5.91 Å². The number of likely N-dealkylation sites (tertiary alicyclic amines) is 1. The van der Waals surface area contributed by atoms with Crippen LogP contribution in [0.15, 0.2) is 90.0 Å². The van der Waals surface area contributed by atoms with Gasteiger partial charge in [0.15, 0.2) is 0 Å². The minimum atomic E-state index is -0.259. The number of amidine groups is 1. The predicted molar refractivity (Wildman–Crippen MR) is 135 cm³/mol. The number of para-hydroxylation sites is 2. The third-order valence-electron chi connectivity index (χ3n) is 6.40. The van der Waals surface area contributed by atoms with Crippen LogP contribution in [0, 0.1) is 6.57 Å². The number of ether oxygens (including phenoxy) is 2. The minimum Gasteiger partial charge on any atom is -0.496 e. The van der Waals surface area contributed by atoms with E-state index in [-0.39, 0.29) is 11.3 Å². The number of rotatable bonds is 6. The lowest BCUT2D eigenvalue weighted by Crippen LogP contribution is -2.51. The van der Waals surface area contributed by atoms with E-state index < -0.39 is 0 Å². The number of benzene rings is 3. The third kappa shape index (κ3) is 5.61. The number of piperidine rings is 1. The van der Waals surface area contributed by atoms with Crippen LogP contribution in [0.3, 0.4) is 0 Å². The second-order valence-electron chi connectivity index (χ2n) is 8.41. The summed E-state index contributed by atoms with van der Waals surface area (Å²) in [5, 5.41) is 7.07. The highest BCUT2D eigenvalue weighted by Crippen LogP contribution is 2.35. The Morgan fingerprint density at radius 3 is 2.29 bits per heavy atom. The molecule has 1 aliphatic rings. The SMILES string of the molecule is [C-]#[N+]N=C(Oc1ccccc1)N1CCC(CNC(=O)c2ccccc2OC)(c2ccccc2)CC1. The van der Waals surface area contributed by atoms with Crippen LogP contribution in [-0.2, 0) is 5.41 Å². The highest BCUT2D eigenvalue weighted by Gasteiger charge is 2.38. The van der Waals surface area contributed by atoms with Crippen LogP contribution in [0.25, 0.3) is 4.95 Å². The molecule has 178 valence electrons. The van der Waals surface area contributed by atoms with Gasteiger partial charge in [-0.15, -0.1) is 4.95 Å². The van der Waals surface area contributed by atoms with Gasteiger partial charge >= 0.3 is 6.02 Å². The number of amides is 1. The van der Waals surface area contributed by atoms with E-state index in [2.05, 4.69) is 27.5 Å². The maximum atomic E-state index is 13.0. The zero-order chi connectivity index (χ0) is 24.5. The van der Waals surface area contributed by atoms with E-state index in [1.165, 1.54) is 5.56 Å². The van der Waals surface area contributed by atoms with Crippen molar-refractivity contribution in [2.24, 2.45) is 5.10 Å². The lowest BCUT2D eigenvalue weighted by molar-refractivity contribution is 0.0927. The highest BCUT2D eigenvalue weighted by atomic mass is 16.5. The molecule has 1 aliphatic heterocycles. The molecule has 0 radical (unpaired) electrons. The summed E-state index contributed by atoms with van der Waals surface area (Å²) in [6.45, 7) is 8.99. The molecule has 3 aromatic carbocycles. The molecule has 0 spiro atoms. The molecular formula is C28H28N4O3. The fraction of sp³-hybridized carbons (Fsp3) is 0.250. The number of carbonyl (C=O) groups excluding carboxylic acids is 1. The summed E-state index contributed by atoms with van der Waals surface area (Å²) in [6, 6.07) is 27.1. The topological polar surface area (TPSA) is 67.5 Å². The van der Waals surface area contributed by atoms with E-state index in [4.69, 9.17) is 16.0 Å². The lowest BCUT2D eigenvalue weighted by atomic mass is 9.72. The Kier molecular flexibility index (Phi) is 7.63. The third-order valence-corrected chi connectivity index (χ3v) is 6.40. The molecule has 1 amide bonds. The molecule has 1 saturated heterocycles. The first-order chi connectivity index (χ1) is 17.1. The Labute approximate surface area is 205 Å². The molecule has 0 aromatic heterocycles. The Hall–Kier alpha value is -4.31. The van der Waals surface area contributed by atoms with Crippen molar-refractivity contribution in [3.05, 3.63) is 108 Å². The van der Waals surface area contributed by atoms with E-state index in [0.717, 1.165) is 12.8 Å². The summed E-state index contributed by atoms with van der Waals surface area (Å²) in [6.07, 6.45) is 1.52. The average Bonchev–Trinajstić information content (AvgIpc) is 2.93. The van der Waals surface area contributed by atoms with Crippen molar-refractivity contribution in [3.63, 3.8) is 0 Å². The monoisotopic (exact) mass is 468 g/mol. The number of methoxy groups -OCH3 is 1. The van der Waals surface area contributed by atoms with Crippen LogP contribution in [-0.4, -0.2) is 43.6 Å². The van der Waals surface area contributed by atoms with Crippen molar-refractivity contribution >= 4 is 11.9 Å². The van der Waals surface area contributed by atoms with Crippen molar-refractivity contribution in [2.75, 3.05) is 26.7 Å². The molecule has 0 bridgehead atoms. The molecular weight excluding hydrogens is 440 g/mol. The molecule has 0 saturated carbocycles. The standard InChI is InChI=1S/C28H28N4O3/c1-29-31-27(35-23-13-7-4-8-14-23)32-19-17-28(18-20-32,22-11-5-3-6-12-22)21-30-26(33)24-15-9-10-16-25(24)34-2/h3-16H,17-21H2,2H3,(H,30,33). The van der Waals surface area contributed by atoms with E-state index in [9.17, 15) is 4.79 Å². The van der Waals surface area contributed by atoms with Crippen LogP contribution in [0.5, 0.6) is 11.5 Å². The second-order valence-corrected chi connectivity index (χ2v) is 8.41. The highest BCUT2D eigenvalue weighted by molar-refractivity contribution is 5.97. The zero-order valence-electron chi connectivity index (χ0n) is 19.7. The lowest BCUT2D eigenvalue weighted by Gasteiger charge is -2.42. The summed E-state index contributed by atoms with van der Waals surface area (Å²) in [5.41, 5.74) is 1.43. The molecule has 0 unspecified atom stereocenters. The average molecular weight is 469 g/mol. The van der Waals surface area contributed by atoms with E-state index >= 15 is 0 Å². The molecule has 0 atom stereocenters. The first kappa shape index (κ1) is 23.8. The molecule has 0 aliphatic carbocycles. The summed E-state index contributed by atoms with van der Waals surface area (Å²) < 4.78 is 11.3. The number of nitrogens with one attached hydrogen (secondary N) is 1. The summed E-state index contributed by atoms with van der Waals surface area (Å²) in [7, 11) is 1.56. The molecule has 7 nitrogen and oxygen atoms in total. The van der Waals surface area contributed by atoms with Crippen LogP contribution < -0.4 is 14.8 Å². The Morgan fingerprint density at radius 1 is 1.00 bits per heavy atom. The van der Waals surface area contributed by atoms with Crippen LogP contribution in [0.2, 0.25) is 0 Å². The zero-order valence-corrected chi connectivity index (χ0v) is 19.7. The van der Waals surface area contributed by atoms with Crippen LogP contribution in [0.1, 0.15) is 28.8 Å². The first-order valence-electron chi connectivity index (χ1n) is 11.5. The van der Waals surface area contributed by atoms with Gasteiger partial charge in [-0.3, -0.25) is 4.79 Å². The van der Waals surface area contributed by atoms with Crippen LogP contribution in [0.4, 0.5) is 0 Å². The molecule has 7 heteroatoms. The number of carbonyl (C=O) groups is 1. The van der Waals surface area contributed by atoms with Gasteiger partial charge in [0, 0.05) is 25.0 Å². The Morgan fingerprint density at radius 2 is 1.63 bits per heavy atom. The first-order valence-corrected chi connectivity index (χ1v) is 11.5. The van der Waals surface area contributed by atoms with E-state index in [0.29, 0.717) is 42.7 Å². The maximum Gasteiger partial charge on any atom is 0.376 e. The summed E-state index contributed by atoms with van der Waals surface area (Å²) in [4.78, 5) is 18.2. The molecule has 1 heterocycles. The Balaban J connectivity index is 1.51. The van der Waals surface area contributed by atoms with Gasteiger partial charge in [0.2, 0.25) is 0 Å². The molecule has 3 aromatic rings. The smallest absolute Gasteiger partial charge is 0.376 e. The van der Waals surface area contributed by atoms with Crippen LogP contribution >= 0.6 is 0 Å². The normalized spacial score (nSPS) is 15.1. The molecule has 1 N–H and O–H groups in total. The van der Waals surface area contributed by atoms with Gasteiger partial charge in [0.05, 0.1) is 12.7 Å².